The molecule has 2 amide bonds. The summed E-state index contributed by atoms with van der Waals surface area (Å²) in [6.45, 7) is 2.47. The van der Waals surface area contributed by atoms with Gasteiger partial charge in [0.15, 0.2) is 6.61 Å². The number of hydrogen-bond acceptors (Lipinski definition) is 3. The highest BCUT2D eigenvalue weighted by atomic mass is 19.1. The fourth-order valence-electron chi connectivity index (χ4n) is 4.56. The molecule has 1 fully saturated rings. The number of nitrogens with one attached hydrogen (secondary N) is 1. The molecule has 3 aromatic rings. The zero-order chi connectivity index (χ0) is 23.7. The third kappa shape index (κ3) is 4.81. The molecule has 174 valence electrons. The van der Waals surface area contributed by atoms with E-state index in [0.717, 1.165) is 47.2 Å². The second kappa shape index (κ2) is 9.29. The second-order valence-electron chi connectivity index (χ2n) is 9.08. The number of rotatable bonds is 6. The molecule has 2 aliphatic rings. The number of carbonyl (C=O) groups excluding carboxylic acids is 2. The maximum Gasteiger partial charge on any atom is 0.262 e. The Morgan fingerprint density at radius 2 is 1.85 bits per heavy atom. The van der Waals surface area contributed by atoms with Gasteiger partial charge in [0.25, 0.3) is 5.91 Å². The number of carbonyl (C=O) groups is 2. The van der Waals surface area contributed by atoms with Crippen molar-refractivity contribution in [2.75, 3.05) is 18.5 Å². The van der Waals surface area contributed by atoms with E-state index in [1.807, 2.05) is 54.3 Å². The monoisotopic (exact) mass is 458 g/mol. The minimum atomic E-state index is -0.309. The fraction of sp³-hybridized carbons (Fsp3) is 0.286. The van der Waals surface area contributed by atoms with Crippen molar-refractivity contribution in [1.82, 2.24) is 4.90 Å². The van der Waals surface area contributed by atoms with Gasteiger partial charge in [0.05, 0.1) is 6.04 Å². The van der Waals surface area contributed by atoms with Crippen LogP contribution in [0.3, 0.4) is 0 Å². The molecule has 3 aromatic carbocycles. The van der Waals surface area contributed by atoms with Crippen molar-refractivity contribution in [3.05, 3.63) is 94.8 Å². The maximum atomic E-state index is 13.6. The summed E-state index contributed by atoms with van der Waals surface area (Å²) in [5, 5.41) is 2.84. The third-order valence-electron chi connectivity index (χ3n) is 6.41. The SMILES string of the molecule is Cc1cccc(NC(=O)COc2ccc3c(c2)[C@H](c2ccc(F)cc2)N(C(=O)C2CC2)CC3)c1. The van der Waals surface area contributed by atoms with Crippen molar-refractivity contribution in [3.8, 4) is 5.75 Å². The van der Waals surface area contributed by atoms with Gasteiger partial charge in [-0.1, -0.05) is 30.3 Å². The van der Waals surface area contributed by atoms with Crippen molar-refractivity contribution in [2.24, 2.45) is 5.92 Å². The average molecular weight is 459 g/mol. The zero-order valence-corrected chi connectivity index (χ0v) is 19.1. The quantitative estimate of drug-likeness (QED) is 0.563. The molecule has 0 saturated heterocycles. The van der Waals surface area contributed by atoms with Gasteiger partial charge in [-0.25, -0.2) is 4.39 Å². The Labute approximate surface area is 198 Å². The van der Waals surface area contributed by atoms with Gasteiger partial charge in [-0.2, -0.15) is 0 Å². The lowest BCUT2D eigenvalue weighted by Gasteiger charge is -2.38. The predicted molar refractivity (Wildman–Crippen MR) is 128 cm³/mol. The highest BCUT2D eigenvalue weighted by Crippen LogP contribution is 2.41. The molecule has 5 nitrogen and oxygen atoms in total. The molecule has 1 atom stereocenters. The summed E-state index contributed by atoms with van der Waals surface area (Å²) in [5.74, 6) is 0.254. The lowest BCUT2D eigenvalue weighted by Crippen LogP contribution is -2.41. The van der Waals surface area contributed by atoms with E-state index in [4.69, 9.17) is 4.74 Å². The molecule has 1 N–H and O–H groups in total. The zero-order valence-electron chi connectivity index (χ0n) is 19.1. The first-order valence-corrected chi connectivity index (χ1v) is 11.7. The Balaban J connectivity index is 1.37. The van der Waals surface area contributed by atoms with E-state index < -0.39 is 0 Å². The molecule has 1 saturated carbocycles. The first-order valence-electron chi connectivity index (χ1n) is 11.7. The van der Waals surface area contributed by atoms with Crippen LogP contribution >= 0.6 is 0 Å². The molecule has 1 aliphatic carbocycles. The number of anilines is 1. The fourth-order valence-corrected chi connectivity index (χ4v) is 4.56. The molecule has 1 aliphatic heterocycles. The van der Waals surface area contributed by atoms with Crippen LogP contribution < -0.4 is 10.1 Å². The molecule has 34 heavy (non-hydrogen) atoms. The Kier molecular flexibility index (Phi) is 6.05. The normalized spacial score (nSPS) is 17.1. The number of aryl methyl sites for hydroxylation is 1. The standard InChI is InChI=1S/C28H27FN2O3/c1-18-3-2-4-23(15-18)30-26(32)17-34-24-12-9-19-13-14-31(28(33)21-5-6-21)27(25(19)16-24)20-7-10-22(29)11-8-20/h2-4,7-12,15-16,21,27H,5-6,13-14,17H2,1H3,(H,30,32)/t27-/m0/s1. The Bertz CT molecular complexity index is 1220. The van der Waals surface area contributed by atoms with E-state index in [1.165, 1.54) is 12.1 Å². The summed E-state index contributed by atoms with van der Waals surface area (Å²) in [5.41, 5.74) is 4.75. The minimum Gasteiger partial charge on any atom is -0.484 e. The molecule has 0 aromatic heterocycles. The van der Waals surface area contributed by atoms with Crippen LogP contribution in [0, 0.1) is 18.7 Å². The average Bonchev–Trinajstić information content (AvgIpc) is 3.68. The molecule has 0 spiro atoms. The summed E-state index contributed by atoms with van der Waals surface area (Å²) in [6, 6.07) is 19.4. The molecular formula is C28H27FN2O3. The number of amides is 2. The second-order valence-corrected chi connectivity index (χ2v) is 9.08. The highest BCUT2D eigenvalue weighted by molar-refractivity contribution is 5.92. The third-order valence-corrected chi connectivity index (χ3v) is 6.41. The van der Waals surface area contributed by atoms with Crippen molar-refractivity contribution < 1.29 is 18.7 Å². The van der Waals surface area contributed by atoms with Gasteiger partial charge in [-0.3, -0.25) is 9.59 Å². The first kappa shape index (κ1) is 22.1. The number of halogens is 1. The van der Waals surface area contributed by atoms with E-state index in [0.29, 0.717) is 12.3 Å². The Morgan fingerprint density at radius 3 is 2.59 bits per heavy atom. The first-order chi connectivity index (χ1) is 16.5. The van der Waals surface area contributed by atoms with E-state index in [-0.39, 0.29) is 36.2 Å². The molecule has 0 unspecified atom stereocenters. The van der Waals surface area contributed by atoms with Crippen LogP contribution in [0.4, 0.5) is 10.1 Å². The van der Waals surface area contributed by atoms with E-state index >= 15 is 0 Å². The summed E-state index contributed by atoms with van der Waals surface area (Å²) >= 11 is 0. The van der Waals surface area contributed by atoms with Crippen LogP contribution in [0.2, 0.25) is 0 Å². The number of ether oxygens (including phenoxy) is 1. The molecule has 0 bridgehead atoms. The van der Waals surface area contributed by atoms with Gasteiger partial charge in [-0.05, 0) is 84.8 Å². The lowest BCUT2D eigenvalue weighted by atomic mass is 9.87. The minimum absolute atomic E-state index is 0.0919. The summed E-state index contributed by atoms with van der Waals surface area (Å²) in [6.07, 6.45) is 2.61. The van der Waals surface area contributed by atoms with E-state index in [1.54, 1.807) is 12.1 Å². The lowest BCUT2D eigenvalue weighted by molar-refractivity contribution is -0.134. The molecular weight excluding hydrogens is 431 g/mol. The number of nitrogens with zero attached hydrogens (tertiary/aromatic N) is 1. The topological polar surface area (TPSA) is 58.6 Å². The van der Waals surface area contributed by atoms with Crippen molar-refractivity contribution in [2.45, 2.75) is 32.2 Å². The van der Waals surface area contributed by atoms with Crippen LogP contribution in [-0.4, -0.2) is 29.9 Å². The van der Waals surface area contributed by atoms with Crippen LogP contribution in [0.25, 0.3) is 0 Å². The van der Waals surface area contributed by atoms with Gasteiger partial charge < -0.3 is 15.0 Å². The number of benzene rings is 3. The maximum absolute atomic E-state index is 13.6. The van der Waals surface area contributed by atoms with Crippen LogP contribution in [0.15, 0.2) is 66.7 Å². The predicted octanol–water partition coefficient (Wildman–Crippen LogP) is 5.04. The van der Waals surface area contributed by atoms with Crippen LogP contribution in [0.1, 0.15) is 41.1 Å². The largest absolute Gasteiger partial charge is 0.484 e. The van der Waals surface area contributed by atoms with Gasteiger partial charge in [0.1, 0.15) is 11.6 Å². The van der Waals surface area contributed by atoms with E-state index in [2.05, 4.69) is 5.32 Å². The van der Waals surface area contributed by atoms with Crippen LogP contribution in [0.5, 0.6) is 5.75 Å². The smallest absolute Gasteiger partial charge is 0.262 e. The summed E-state index contributed by atoms with van der Waals surface area (Å²) < 4.78 is 19.4. The van der Waals surface area contributed by atoms with Gasteiger partial charge >= 0.3 is 0 Å². The highest BCUT2D eigenvalue weighted by Gasteiger charge is 2.39. The van der Waals surface area contributed by atoms with Crippen molar-refractivity contribution in [1.29, 1.82) is 0 Å². The molecule has 0 radical (unpaired) electrons. The molecule has 5 rings (SSSR count). The Morgan fingerprint density at radius 1 is 1.06 bits per heavy atom. The van der Waals surface area contributed by atoms with E-state index in [9.17, 15) is 14.0 Å². The molecule has 6 heteroatoms. The number of hydrogen-bond donors (Lipinski definition) is 1. The van der Waals surface area contributed by atoms with Gasteiger partial charge in [0, 0.05) is 18.2 Å². The summed E-state index contributed by atoms with van der Waals surface area (Å²) in [7, 11) is 0. The summed E-state index contributed by atoms with van der Waals surface area (Å²) in [4.78, 5) is 27.4. The molecule has 1 heterocycles. The van der Waals surface area contributed by atoms with Crippen molar-refractivity contribution in [3.63, 3.8) is 0 Å². The van der Waals surface area contributed by atoms with Crippen LogP contribution in [-0.2, 0) is 16.0 Å². The van der Waals surface area contributed by atoms with Crippen molar-refractivity contribution >= 4 is 17.5 Å². The van der Waals surface area contributed by atoms with Gasteiger partial charge in [0.2, 0.25) is 5.91 Å². The number of fused-ring (bicyclic) bond motifs is 1. The Hall–Kier alpha value is -3.67. The van der Waals surface area contributed by atoms with Gasteiger partial charge in [-0.15, -0.1) is 0 Å².